The second-order valence-electron chi connectivity index (χ2n) is 8.06. The molecule has 1 heterocycles. The van der Waals surface area contributed by atoms with Crippen LogP contribution in [0, 0.1) is 23.7 Å². The molecule has 2 nitrogen and oxygen atoms in total. The van der Waals surface area contributed by atoms with Gasteiger partial charge in [0.05, 0.1) is 6.10 Å². The van der Waals surface area contributed by atoms with E-state index in [0.717, 1.165) is 36.5 Å². The number of piperidine rings is 1. The molecule has 0 aromatic heterocycles. The van der Waals surface area contributed by atoms with Crippen molar-refractivity contribution in [3.8, 4) is 0 Å². The Morgan fingerprint density at radius 3 is 2.05 bits per heavy atom. The van der Waals surface area contributed by atoms with Gasteiger partial charge in [-0.3, -0.25) is 0 Å². The van der Waals surface area contributed by atoms with Crippen LogP contribution in [-0.2, 0) is 0 Å². The summed E-state index contributed by atoms with van der Waals surface area (Å²) < 4.78 is 0. The van der Waals surface area contributed by atoms with Crippen molar-refractivity contribution in [2.24, 2.45) is 23.7 Å². The predicted octanol–water partition coefficient (Wildman–Crippen LogP) is 4.12. The summed E-state index contributed by atoms with van der Waals surface area (Å²) in [5.74, 6) is 3.88. The van der Waals surface area contributed by atoms with Gasteiger partial charge >= 0.3 is 0 Å². The number of rotatable bonds is 4. The molecule has 0 spiro atoms. The molecule has 3 rings (SSSR count). The van der Waals surface area contributed by atoms with Crippen LogP contribution in [0.25, 0.3) is 0 Å². The topological polar surface area (TPSA) is 32.3 Å². The summed E-state index contributed by atoms with van der Waals surface area (Å²) >= 11 is 0. The highest BCUT2D eigenvalue weighted by Crippen LogP contribution is 2.43. The maximum Gasteiger partial charge on any atom is 0.0540 e. The van der Waals surface area contributed by atoms with Crippen molar-refractivity contribution in [2.45, 2.75) is 83.2 Å². The Morgan fingerprint density at radius 2 is 1.38 bits per heavy atom. The number of nitrogens with one attached hydrogen (secondary N) is 1. The minimum Gasteiger partial charge on any atom is -0.393 e. The Kier molecular flexibility index (Phi) is 5.99. The maximum atomic E-state index is 9.83. The SMILES string of the molecule is OC1CCC(C(CC2CCNCC2)C2CCCCC2)CC1. The van der Waals surface area contributed by atoms with E-state index >= 15 is 0 Å². The lowest BCUT2D eigenvalue weighted by molar-refractivity contribution is 0.0561. The maximum absolute atomic E-state index is 9.83. The van der Waals surface area contributed by atoms with Gasteiger partial charge in [-0.2, -0.15) is 0 Å². The molecule has 3 aliphatic rings. The Morgan fingerprint density at radius 1 is 0.762 bits per heavy atom. The molecule has 0 bridgehead atoms. The molecule has 2 saturated carbocycles. The molecule has 1 saturated heterocycles. The van der Waals surface area contributed by atoms with Crippen LogP contribution in [0.4, 0.5) is 0 Å². The molecule has 0 radical (unpaired) electrons. The monoisotopic (exact) mass is 293 g/mol. The van der Waals surface area contributed by atoms with Gasteiger partial charge in [0, 0.05) is 0 Å². The highest BCUT2D eigenvalue weighted by Gasteiger charge is 2.34. The smallest absolute Gasteiger partial charge is 0.0540 e. The standard InChI is InChI=1S/C19H35NO/c21-18-8-6-17(7-9-18)19(16-4-2-1-3-5-16)14-15-10-12-20-13-11-15/h15-21H,1-14H2. The number of aliphatic hydroxyl groups excluding tert-OH is 1. The normalized spacial score (nSPS) is 34.7. The van der Waals surface area contributed by atoms with Gasteiger partial charge in [0.1, 0.15) is 0 Å². The summed E-state index contributed by atoms with van der Waals surface area (Å²) in [6.45, 7) is 2.48. The lowest BCUT2D eigenvalue weighted by Crippen LogP contribution is -2.34. The first-order valence-corrected chi connectivity index (χ1v) is 9.71. The minimum atomic E-state index is 0.00661. The van der Waals surface area contributed by atoms with Crippen LogP contribution in [0.5, 0.6) is 0 Å². The summed E-state index contributed by atoms with van der Waals surface area (Å²) in [6.07, 6.45) is 16.5. The summed E-state index contributed by atoms with van der Waals surface area (Å²) in [5.41, 5.74) is 0. The molecular formula is C19H35NO. The van der Waals surface area contributed by atoms with Crippen LogP contribution in [0.3, 0.4) is 0 Å². The first-order chi connectivity index (χ1) is 10.3. The lowest BCUT2D eigenvalue weighted by Gasteiger charge is -2.41. The molecule has 1 aliphatic heterocycles. The Labute approximate surface area is 131 Å². The Bertz CT molecular complexity index is 286. The summed E-state index contributed by atoms with van der Waals surface area (Å²) in [4.78, 5) is 0. The molecule has 1 atom stereocenters. The summed E-state index contributed by atoms with van der Waals surface area (Å²) in [6, 6.07) is 0. The molecule has 3 fully saturated rings. The highest BCUT2D eigenvalue weighted by molar-refractivity contribution is 4.85. The zero-order valence-corrected chi connectivity index (χ0v) is 13.7. The predicted molar refractivity (Wildman–Crippen MR) is 88.2 cm³/mol. The van der Waals surface area contributed by atoms with E-state index in [0.29, 0.717) is 0 Å². The first kappa shape index (κ1) is 15.8. The van der Waals surface area contributed by atoms with Gasteiger partial charge in [-0.15, -0.1) is 0 Å². The van der Waals surface area contributed by atoms with Crippen LogP contribution < -0.4 is 5.32 Å². The minimum absolute atomic E-state index is 0.00661. The molecular weight excluding hydrogens is 258 g/mol. The quantitative estimate of drug-likeness (QED) is 0.817. The molecule has 0 aromatic carbocycles. The van der Waals surface area contributed by atoms with Crippen molar-refractivity contribution in [3.05, 3.63) is 0 Å². The number of aliphatic hydroxyl groups is 1. The van der Waals surface area contributed by atoms with E-state index in [9.17, 15) is 5.11 Å². The van der Waals surface area contributed by atoms with Crippen LogP contribution in [0.2, 0.25) is 0 Å². The van der Waals surface area contributed by atoms with Crippen molar-refractivity contribution >= 4 is 0 Å². The van der Waals surface area contributed by atoms with E-state index in [-0.39, 0.29) is 6.10 Å². The van der Waals surface area contributed by atoms with Gasteiger partial charge in [-0.05, 0) is 81.7 Å². The molecule has 0 amide bonds. The fourth-order valence-electron chi connectivity index (χ4n) is 5.36. The van der Waals surface area contributed by atoms with Crippen molar-refractivity contribution in [3.63, 3.8) is 0 Å². The summed E-state index contributed by atoms with van der Waals surface area (Å²) in [7, 11) is 0. The van der Waals surface area contributed by atoms with E-state index in [2.05, 4.69) is 5.32 Å². The molecule has 0 aromatic rings. The molecule has 1 unspecified atom stereocenters. The van der Waals surface area contributed by atoms with Crippen molar-refractivity contribution in [1.29, 1.82) is 0 Å². The fourth-order valence-corrected chi connectivity index (χ4v) is 5.36. The van der Waals surface area contributed by atoms with Crippen LogP contribution >= 0.6 is 0 Å². The van der Waals surface area contributed by atoms with Crippen LogP contribution in [-0.4, -0.2) is 24.3 Å². The molecule has 21 heavy (non-hydrogen) atoms. The first-order valence-electron chi connectivity index (χ1n) is 9.71. The number of hydrogen-bond donors (Lipinski definition) is 2. The van der Waals surface area contributed by atoms with E-state index in [1.807, 2.05) is 0 Å². The van der Waals surface area contributed by atoms with Crippen molar-refractivity contribution in [1.82, 2.24) is 5.32 Å². The lowest BCUT2D eigenvalue weighted by atomic mass is 9.66. The van der Waals surface area contributed by atoms with E-state index in [4.69, 9.17) is 0 Å². The van der Waals surface area contributed by atoms with Crippen molar-refractivity contribution < 1.29 is 5.11 Å². The molecule has 2 heteroatoms. The van der Waals surface area contributed by atoms with Gasteiger partial charge in [0.15, 0.2) is 0 Å². The van der Waals surface area contributed by atoms with Gasteiger partial charge in [0.25, 0.3) is 0 Å². The number of hydrogen-bond acceptors (Lipinski definition) is 2. The third-order valence-electron chi connectivity index (χ3n) is 6.67. The van der Waals surface area contributed by atoms with Gasteiger partial charge in [-0.25, -0.2) is 0 Å². The van der Waals surface area contributed by atoms with Crippen LogP contribution in [0.15, 0.2) is 0 Å². The second-order valence-corrected chi connectivity index (χ2v) is 8.06. The van der Waals surface area contributed by atoms with E-state index in [1.54, 1.807) is 0 Å². The second kappa shape index (κ2) is 7.97. The van der Waals surface area contributed by atoms with Gasteiger partial charge in [0.2, 0.25) is 0 Å². The zero-order valence-electron chi connectivity index (χ0n) is 13.7. The summed E-state index contributed by atoms with van der Waals surface area (Å²) in [5, 5.41) is 13.4. The third kappa shape index (κ3) is 4.45. The fraction of sp³-hybridized carbons (Fsp3) is 1.00. The molecule has 122 valence electrons. The Balaban J connectivity index is 1.61. The van der Waals surface area contributed by atoms with Gasteiger partial charge < -0.3 is 10.4 Å². The van der Waals surface area contributed by atoms with Crippen LogP contribution in [0.1, 0.15) is 77.0 Å². The molecule has 2 aliphatic carbocycles. The average molecular weight is 293 g/mol. The zero-order chi connectivity index (χ0) is 14.5. The average Bonchev–Trinajstić information content (AvgIpc) is 2.55. The largest absolute Gasteiger partial charge is 0.393 e. The van der Waals surface area contributed by atoms with Crippen molar-refractivity contribution in [2.75, 3.05) is 13.1 Å². The third-order valence-corrected chi connectivity index (χ3v) is 6.67. The van der Waals surface area contributed by atoms with E-state index in [1.165, 1.54) is 77.3 Å². The highest BCUT2D eigenvalue weighted by atomic mass is 16.3. The van der Waals surface area contributed by atoms with E-state index < -0.39 is 0 Å². The van der Waals surface area contributed by atoms with Gasteiger partial charge in [-0.1, -0.05) is 32.1 Å². The Hall–Kier alpha value is -0.0800. The molecule has 2 N–H and O–H groups in total.